The summed E-state index contributed by atoms with van der Waals surface area (Å²) >= 11 is 0. The molecule has 32 heavy (non-hydrogen) atoms. The number of hydrogen-bond donors (Lipinski definition) is 1. The summed E-state index contributed by atoms with van der Waals surface area (Å²) in [6.45, 7) is 4.58. The summed E-state index contributed by atoms with van der Waals surface area (Å²) in [5, 5.41) is 10.3. The number of aryl methyl sites for hydroxylation is 1. The number of nitrogens with zero attached hydrogens (tertiary/aromatic N) is 2. The van der Waals surface area contributed by atoms with Gasteiger partial charge in [-0.15, -0.1) is 0 Å². The summed E-state index contributed by atoms with van der Waals surface area (Å²) in [6, 6.07) is 3.24. The van der Waals surface area contributed by atoms with Crippen LogP contribution in [0.15, 0.2) is 12.1 Å². The Kier molecular flexibility index (Phi) is 5.67. The first kappa shape index (κ1) is 23.2. The molecule has 2 fully saturated rings. The first-order chi connectivity index (χ1) is 14.8. The first-order valence-electron chi connectivity index (χ1n) is 11.4. The van der Waals surface area contributed by atoms with Crippen LogP contribution in [0.2, 0.25) is 0 Å². The maximum absolute atomic E-state index is 14.8. The van der Waals surface area contributed by atoms with Gasteiger partial charge in [0.25, 0.3) is 0 Å². The Hall–Kier alpha value is -1.96. The maximum Gasteiger partial charge on any atom is 0.395 e. The van der Waals surface area contributed by atoms with E-state index in [-0.39, 0.29) is 36.6 Å². The summed E-state index contributed by atoms with van der Waals surface area (Å²) in [5.41, 5.74) is -1.74. The second kappa shape index (κ2) is 7.82. The number of fused-ring (bicyclic) bond motifs is 1. The minimum Gasteiger partial charge on any atom is -0.386 e. The molecule has 1 N–H and O–H groups in total. The van der Waals surface area contributed by atoms with Gasteiger partial charge in [-0.05, 0) is 70.1 Å². The molecule has 4 nitrogen and oxygen atoms in total. The molecular formula is C24H30F4N2O2. The van der Waals surface area contributed by atoms with Crippen molar-refractivity contribution in [3.8, 4) is 0 Å². The molecule has 0 saturated heterocycles. The number of benzene rings is 1. The van der Waals surface area contributed by atoms with E-state index in [1.54, 1.807) is 19.9 Å². The van der Waals surface area contributed by atoms with Crippen molar-refractivity contribution in [3.63, 3.8) is 0 Å². The van der Waals surface area contributed by atoms with E-state index < -0.39 is 28.9 Å². The van der Waals surface area contributed by atoms with Gasteiger partial charge in [-0.1, -0.05) is 6.92 Å². The first-order valence-corrected chi connectivity index (χ1v) is 11.4. The molecule has 0 unspecified atom stereocenters. The van der Waals surface area contributed by atoms with Crippen molar-refractivity contribution in [2.75, 3.05) is 0 Å². The molecule has 8 heteroatoms. The second-order valence-corrected chi connectivity index (χ2v) is 10.1. The number of imidazole rings is 1. The van der Waals surface area contributed by atoms with Crippen LogP contribution in [0.3, 0.4) is 0 Å². The molecule has 0 bridgehead atoms. The van der Waals surface area contributed by atoms with Crippen molar-refractivity contribution in [2.45, 2.75) is 90.0 Å². The molecule has 1 atom stereocenters. The molecule has 176 valence electrons. The molecule has 4 rings (SSSR count). The predicted octanol–water partition coefficient (Wildman–Crippen LogP) is 6.00. The van der Waals surface area contributed by atoms with Crippen LogP contribution in [0.1, 0.15) is 83.1 Å². The van der Waals surface area contributed by atoms with Crippen molar-refractivity contribution >= 4 is 16.8 Å². The number of rotatable bonds is 8. The lowest BCUT2D eigenvalue weighted by Crippen LogP contribution is -2.35. The molecule has 0 amide bonds. The Bertz CT molecular complexity index is 1030. The fraction of sp³-hybridized carbons (Fsp3) is 0.667. The number of carbonyl (C=O) groups is 1. The zero-order valence-corrected chi connectivity index (χ0v) is 18.7. The quantitative estimate of drug-likeness (QED) is 0.498. The zero-order valence-electron chi connectivity index (χ0n) is 18.7. The number of aromatic nitrogens is 2. The standard InChI is InChI=1S/C24H30F4N2O2/c1-14(23(10-11-23)24(26,27)28)19(31)8-5-9-20-29-21-17(25)12-15(22(2,3)32)13-18(21)30(20)16-6-4-7-16/h12-14,16,32H,4-11H2,1-3H3/t14-/m1/s1. The molecule has 0 aliphatic heterocycles. The van der Waals surface area contributed by atoms with Crippen LogP contribution in [-0.4, -0.2) is 26.6 Å². The van der Waals surface area contributed by atoms with Gasteiger partial charge in [0, 0.05) is 24.8 Å². The molecule has 0 radical (unpaired) electrons. The number of alkyl halides is 3. The largest absolute Gasteiger partial charge is 0.395 e. The SMILES string of the molecule is C[C@H](C(=O)CCCc1nc2c(F)cc(C(C)(C)O)cc2n1C1CCC1)C1(C(F)(F)F)CC1. The van der Waals surface area contributed by atoms with Crippen LogP contribution < -0.4 is 0 Å². The minimum atomic E-state index is -4.35. The van der Waals surface area contributed by atoms with Gasteiger partial charge >= 0.3 is 6.18 Å². The van der Waals surface area contributed by atoms with Crippen molar-refractivity contribution in [1.29, 1.82) is 0 Å². The molecular weight excluding hydrogens is 424 g/mol. The van der Waals surface area contributed by atoms with Gasteiger partial charge < -0.3 is 9.67 Å². The van der Waals surface area contributed by atoms with E-state index in [9.17, 15) is 27.5 Å². The predicted molar refractivity (Wildman–Crippen MR) is 113 cm³/mol. The van der Waals surface area contributed by atoms with Crippen molar-refractivity contribution < 1.29 is 27.5 Å². The molecule has 2 aliphatic carbocycles. The van der Waals surface area contributed by atoms with E-state index in [4.69, 9.17) is 0 Å². The highest BCUT2D eigenvalue weighted by atomic mass is 19.4. The van der Waals surface area contributed by atoms with E-state index >= 15 is 0 Å². The average Bonchev–Trinajstić information content (AvgIpc) is 3.39. The molecule has 1 aromatic heterocycles. The Labute approximate surface area is 185 Å². The number of hydrogen-bond acceptors (Lipinski definition) is 3. The van der Waals surface area contributed by atoms with Crippen LogP contribution in [0.5, 0.6) is 0 Å². The Morgan fingerprint density at radius 3 is 2.44 bits per heavy atom. The zero-order chi connectivity index (χ0) is 23.5. The molecule has 1 aromatic carbocycles. The van der Waals surface area contributed by atoms with Crippen LogP contribution in [0.4, 0.5) is 17.6 Å². The van der Waals surface area contributed by atoms with Gasteiger partial charge in [0.15, 0.2) is 5.82 Å². The van der Waals surface area contributed by atoms with Crippen LogP contribution in [-0.2, 0) is 16.8 Å². The van der Waals surface area contributed by atoms with Crippen LogP contribution in [0.25, 0.3) is 11.0 Å². The lowest BCUT2D eigenvalue weighted by molar-refractivity contribution is -0.202. The fourth-order valence-electron chi connectivity index (χ4n) is 4.82. The number of carbonyl (C=O) groups excluding carboxylic acids is 1. The lowest BCUT2D eigenvalue weighted by Gasteiger charge is -2.29. The Morgan fingerprint density at radius 1 is 1.28 bits per heavy atom. The summed E-state index contributed by atoms with van der Waals surface area (Å²) in [7, 11) is 0. The highest BCUT2D eigenvalue weighted by Crippen LogP contribution is 2.62. The summed E-state index contributed by atoms with van der Waals surface area (Å²) in [6.07, 6.45) is -0.568. The summed E-state index contributed by atoms with van der Waals surface area (Å²) in [5.74, 6) is -1.28. The van der Waals surface area contributed by atoms with E-state index in [0.717, 1.165) is 19.3 Å². The smallest absolute Gasteiger partial charge is 0.386 e. The van der Waals surface area contributed by atoms with Crippen LogP contribution in [0, 0.1) is 17.2 Å². The highest BCUT2D eigenvalue weighted by Gasteiger charge is 2.67. The number of Topliss-reactive ketones (excluding diaryl/α,β-unsaturated/α-hetero) is 1. The average molecular weight is 455 g/mol. The van der Waals surface area contributed by atoms with Crippen molar-refractivity contribution in [3.05, 3.63) is 29.3 Å². The normalized spacial score (nSPS) is 19.8. The Morgan fingerprint density at radius 2 is 1.94 bits per heavy atom. The van der Waals surface area contributed by atoms with Crippen molar-refractivity contribution in [1.82, 2.24) is 9.55 Å². The third-order valence-electron chi connectivity index (χ3n) is 7.46. The topological polar surface area (TPSA) is 55.1 Å². The molecule has 2 saturated carbocycles. The third-order valence-corrected chi connectivity index (χ3v) is 7.46. The highest BCUT2D eigenvalue weighted by molar-refractivity contribution is 5.82. The Balaban J connectivity index is 1.54. The van der Waals surface area contributed by atoms with Gasteiger partial charge in [0.2, 0.25) is 0 Å². The monoisotopic (exact) mass is 454 g/mol. The van der Waals surface area contributed by atoms with Gasteiger partial charge in [0.1, 0.15) is 17.1 Å². The number of aliphatic hydroxyl groups is 1. The van der Waals surface area contributed by atoms with Crippen LogP contribution >= 0.6 is 0 Å². The number of halogens is 4. The van der Waals surface area contributed by atoms with Gasteiger partial charge in [-0.3, -0.25) is 4.79 Å². The number of ketones is 1. The second-order valence-electron chi connectivity index (χ2n) is 10.1. The van der Waals surface area contributed by atoms with Gasteiger partial charge in [-0.2, -0.15) is 13.2 Å². The van der Waals surface area contributed by atoms with E-state index in [2.05, 4.69) is 4.98 Å². The molecule has 2 aliphatic rings. The molecule has 1 heterocycles. The van der Waals surface area contributed by atoms with E-state index in [0.29, 0.717) is 29.7 Å². The molecule has 2 aromatic rings. The molecule has 0 spiro atoms. The maximum atomic E-state index is 14.8. The summed E-state index contributed by atoms with van der Waals surface area (Å²) in [4.78, 5) is 17.0. The third kappa shape index (κ3) is 3.95. The van der Waals surface area contributed by atoms with Gasteiger partial charge in [0.05, 0.1) is 16.5 Å². The van der Waals surface area contributed by atoms with Gasteiger partial charge in [-0.25, -0.2) is 9.37 Å². The van der Waals surface area contributed by atoms with E-state index in [1.165, 1.54) is 13.0 Å². The minimum absolute atomic E-state index is 0.0176. The lowest BCUT2D eigenvalue weighted by atomic mass is 9.84. The van der Waals surface area contributed by atoms with Crippen molar-refractivity contribution in [2.24, 2.45) is 11.3 Å². The summed E-state index contributed by atoms with van der Waals surface area (Å²) < 4.78 is 56.8. The van der Waals surface area contributed by atoms with E-state index in [1.807, 2.05) is 4.57 Å². The fourth-order valence-corrected chi connectivity index (χ4v) is 4.82.